The molecule has 1 rings (SSSR count). The predicted octanol–water partition coefficient (Wildman–Crippen LogP) is 1.54. The fourth-order valence-corrected chi connectivity index (χ4v) is 1.95. The smallest absolute Gasteiger partial charge is 0.0625 e. The van der Waals surface area contributed by atoms with E-state index in [9.17, 15) is 0 Å². The Morgan fingerprint density at radius 3 is 2.71 bits per heavy atom. The van der Waals surface area contributed by atoms with Crippen LogP contribution in [0, 0.1) is 0 Å². The molecule has 2 N–H and O–H groups in total. The molecule has 0 saturated carbocycles. The van der Waals surface area contributed by atoms with Crippen LogP contribution in [0.2, 0.25) is 0 Å². The lowest BCUT2D eigenvalue weighted by Gasteiger charge is -2.16. The van der Waals surface area contributed by atoms with Crippen LogP contribution in [0.5, 0.6) is 0 Å². The van der Waals surface area contributed by atoms with E-state index in [-0.39, 0.29) is 0 Å². The molecule has 1 aromatic heterocycles. The molecule has 0 aliphatic rings. The largest absolute Gasteiger partial charge is 0.330 e. The van der Waals surface area contributed by atoms with E-state index in [1.165, 1.54) is 24.2 Å². The monoisotopic (exact) mass is 238 g/mol. The van der Waals surface area contributed by atoms with Crippen molar-refractivity contribution in [2.75, 3.05) is 20.1 Å². The van der Waals surface area contributed by atoms with Gasteiger partial charge in [0, 0.05) is 13.6 Å². The van der Waals surface area contributed by atoms with Gasteiger partial charge >= 0.3 is 0 Å². The molecule has 0 aliphatic heterocycles. The minimum absolute atomic E-state index is 0.811. The number of rotatable bonds is 8. The highest BCUT2D eigenvalue weighted by atomic mass is 15.3. The zero-order valence-electron chi connectivity index (χ0n) is 11.4. The number of hydrogen-bond donors (Lipinski definition) is 1. The number of unbranched alkanes of at least 4 members (excludes halogenated alkanes) is 2. The first kappa shape index (κ1) is 14.2. The van der Waals surface area contributed by atoms with Crippen LogP contribution in [0.25, 0.3) is 0 Å². The number of hydrogen-bond acceptors (Lipinski definition) is 3. The SMILES string of the molecule is CCc1cc(CN(C)CCCCCN)n(C)n1. The fraction of sp³-hybridized carbons (Fsp3) is 0.769. The summed E-state index contributed by atoms with van der Waals surface area (Å²) in [7, 11) is 4.19. The van der Waals surface area contributed by atoms with Crippen LogP contribution in [0.15, 0.2) is 6.07 Å². The fourth-order valence-electron chi connectivity index (χ4n) is 1.95. The molecule has 4 nitrogen and oxygen atoms in total. The van der Waals surface area contributed by atoms with Gasteiger partial charge in [-0.25, -0.2) is 0 Å². The van der Waals surface area contributed by atoms with Crippen molar-refractivity contribution in [3.8, 4) is 0 Å². The molecule has 0 atom stereocenters. The molecule has 0 saturated heterocycles. The summed E-state index contributed by atoms with van der Waals surface area (Å²) in [5, 5.41) is 4.47. The number of nitrogens with two attached hydrogens (primary N) is 1. The summed E-state index contributed by atoms with van der Waals surface area (Å²) in [5.74, 6) is 0. The molecule has 0 unspecified atom stereocenters. The lowest BCUT2D eigenvalue weighted by molar-refractivity contribution is 0.309. The molecule has 1 aromatic rings. The third kappa shape index (κ3) is 4.88. The van der Waals surface area contributed by atoms with Gasteiger partial charge in [-0.2, -0.15) is 5.10 Å². The Morgan fingerprint density at radius 1 is 1.35 bits per heavy atom. The summed E-state index contributed by atoms with van der Waals surface area (Å²) < 4.78 is 2.00. The van der Waals surface area contributed by atoms with Crippen LogP contribution in [-0.4, -0.2) is 34.8 Å². The van der Waals surface area contributed by atoms with Gasteiger partial charge < -0.3 is 10.6 Å². The molecule has 1 heterocycles. The Hall–Kier alpha value is -0.870. The first-order valence-corrected chi connectivity index (χ1v) is 6.57. The van der Waals surface area contributed by atoms with Crippen LogP contribution in [0.1, 0.15) is 37.6 Å². The van der Waals surface area contributed by atoms with Crippen molar-refractivity contribution in [3.63, 3.8) is 0 Å². The van der Waals surface area contributed by atoms with E-state index in [1.54, 1.807) is 0 Å². The topological polar surface area (TPSA) is 47.1 Å². The maximum Gasteiger partial charge on any atom is 0.0625 e. The lowest BCUT2D eigenvalue weighted by atomic mass is 10.2. The molecule has 0 amide bonds. The predicted molar refractivity (Wildman–Crippen MR) is 71.8 cm³/mol. The Labute approximate surface area is 105 Å². The van der Waals surface area contributed by atoms with Crippen molar-refractivity contribution in [3.05, 3.63) is 17.5 Å². The molecule has 98 valence electrons. The highest BCUT2D eigenvalue weighted by Gasteiger charge is 2.06. The lowest BCUT2D eigenvalue weighted by Crippen LogP contribution is -2.20. The molecule has 0 fully saturated rings. The Kier molecular flexibility index (Phi) is 6.22. The number of aryl methyl sites for hydroxylation is 2. The first-order chi connectivity index (χ1) is 8.17. The van der Waals surface area contributed by atoms with Crippen molar-refractivity contribution < 1.29 is 0 Å². The van der Waals surface area contributed by atoms with Crippen molar-refractivity contribution in [1.82, 2.24) is 14.7 Å². The summed E-state index contributed by atoms with van der Waals surface area (Å²) in [5.41, 5.74) is 7.96. The molecule has 0 aromatic carbocycles. The maximum atomic E-state index is 5.48. The van der Waals surface area contributed by atoms with E-state index in [2.05, 4.69) is 30.0 Å². The summed E-state index contributed by atoms with van der Waals surface area (Å²) in [6.45, 7) is 5.06. The van der Waals surface area contributed by atoms with Crippen LogP contribution >= 0.6 is 0 Å². The quantitative estimate of drug-likeness (QED) is 0.699. The van der Waals surface area contributed by atoms with Gasteiger partial charge in [-0.3, -0.25) is 4.68 Å². The van der Waals surface area contributed by atoms with Crippen molar-refractivity contribution in [2.45, 2.75) is 39.2 Å². The van der Waals surface area contributed by atoms with Crippen molar-refractivity contribution in [1.29, 1.82) is 0 Å². The molecule has 0 aliphatic carbocycles. The van der Waals surface area contributed by atoms with Crippen LogP contribution in [-0.2, 0) is 20.0 Å². The minimum atomic E-state index is 0.811. The molecule has 17 heavy (non-hydrogen) atoms. The third-order valence-electron chi connectivity index (χ3n) is 3.07. The van der Waals surface area contributed by atoms with Gasteiger partial charge in [-0.15, -0.1) is 0 Å². The minimum Gasteiger partial charge on any atom is -0.330 e. The van der Waals surface area contributed by atoms with Gasteiger partial charge in [-0.1, -0.05) is 13.3 Å². The molecule has 0 spiro atoms. The normalized spacial score (nSPS) is 11.4. The molecule has 4 heteroatoms. The average Bonchev–Trinajstić information content (AvgIpc) is 2.66. The van der Waals surface area contributed by atoms with E-state index in [0.29, 0.717) is 0 Å². The van der Waals surface area contributed by atoms with Gasteiger partial charge in [0.05, 0.1) is 11.4 Å². The zero-order chi connectivity index (χ0) is 12.7. The van der Waals surface area contributed by atoms with Gasteiger partial charge in [0.2, 0.25) is 0 Å². The van der Waals surface area contributed by atoms with Gasteiger partial charge in [-0.05, 0) is 45.5 Å². The number of nitrogens with zero attached hydrogens (tertiary/aromatic N) is 3. The maximum absolute atomic E-state index is 5.48. The highest BCUT2D eigenvalue weighted by Crippen LogP contribution is 2.07. The summed E-state index contributed by atoms with van der Waals surface area (Å²) in [6, 6.07) is 2.20. The second-order valence-electron chi connectivity index (χ2n) is 4.69. The molecule has 0 radical (unpaired) electrons. The third-order valence-corrected chi connectivity index (χ3v) is 3.07. The summed E-state index contributed by atoms with van der Waals surface area (Å²) in [4.78, 5) is 2.35. The Morgan fingerprint density at radius 2 is 2.12 bits per heavy atom. The Balaban J connectivity index is 2.34. The highest BCUT2D eigenvalue weighted by molar-refractivity contribution is 5.09. The second-order valence-corrected chi connectivity index (χ2v) is 4.69. The second kappa shape index (κ2) is 7.45. The molecule has 0 bridgehead atoms. The number of aromatic nitrogens is 2. The zero-order valence-corrected chi connectivity index (χ0v) is 11.4. The van der Waals surface area contributed by atoms with E-state index in [4.69, 9.17) is 5.73 Å². The van der Waals surface area contributed by atoms with Crippen LogP contribution < -0.4 is 5.73 Å². The first-order valence-electron chi connectivity index (χ1n) is 6.57. The average molecular weight is 238 g/mol. The van der Waals surface area contributed by atoms with Crippen molar-refractivity contribution >= 4 is 0 Å². The Bertz CT molecular complexity index is 319. The molecular weight excluding hydrogens is 212 g/mol. The van der Waals surface area contributed by atoms with Gasteiger partial charge in [0.1, 0.15) is 0 Å². The standard InChI is InChI=1S/C13H26N4/c1-4-12-10-13(17(3)15-12)11-16(2)9-7-5-6-8-14/h10H,4-9,11,14H2,1-3H3. The van der Waals surface area contributed by atoms with Crippen LogP contribution in [0.4, 0.5) is 0 Å². The van der Waals surface area contributed by atoms with E-state index in [0.717, 1.165) is 32.5 Å². The van der Waals surface area contributed by atoms with E-state index < -0.39 is 0 Å². The summed E-state index contributed by atoms with van der Waals surface area (Å²) in [6.07, 6.45) is 4.60. The van der Waals surface area contributed by atoms with E-state index >= 15 is 0 Å². The summed E-state index contributed by atoms with van der Waals surface area (Å²) >= 11 is 0. The van der Waals surface area contributed by atoms with E-state index in [1.807, 2.05) is 11.7 Å². The van der Waals surface area contributed by atoms with Gasteiger partial charge in [0.15, 0.2) is 0 Å². The van der Waals surface area contributed by atoms with Crippen LogP contribution in [0.3, 0.4) is 0 Å². The van der Waals surface area contributed by atoms with Crippen molar-refractivity contribution in [2.24, 2.45) is 12.8 Å². The van der Waals surface area contributed by atoms with Gasteiger partial charge in [0.25, 0.3) is 0 Å². The molecular formula is C13H26N4.